The van der Waals surface area contributed by atoms with Gasteiger partial charge in [0.05, 0.1) is 11.3 Å². The number of carboxylic acids is 1. The molecule has 1 rings (SSSR count). The standard InChI is InChI=1S/C12H11Cl3FN3O3S/c13-12(14,15)10(18-8(20)5-16)19-11(23)17-7-4-2-1-3-6(7)9(21)22/h1-4,10H,5H2,(H,18,20)(H,21,22)(H2,17,19,23)/t10-/m1/s1. The highest BCUT2D eigenvalue weighted by molar-refractivity contribution is 7.80. The van der Waals surface area contributed by atoms with Gasteiger partial charge in [0.1, 0.15) is 6.17 Å². The number of hydrogen-bond acceptors (Lipinski definition) is 3. The molecule has 0 bridgehead atoms. The molecule has 23 heavy (non-hydrogen) atoms. The van der Waals surface area contributed by atoms with Gasteiger partial charge in [0, 0.05) is 0 Å². The fraction of sp³-hybridized carbons (Fsp3) is 0.250. The average Bonchev–Trinajstić information content (AvgIpc) is 2.45. The van der Waals surface area contributed by atoms with Gasteiger partial charge < -0.3 is 21.1 Å². The molecule has 0 aliphatic rings. The number of halogens is 4. The van der Waals surface area contributed by atoms with Gasteiger partial charge in [-0.25, -0.2) is 9.18 Å². The Hall–Kier alpha value is -1.35. The Labute approximate surface area is 151 Å². The van der Waals surface area contributed by atoms with Gasteiger partial charge in [0.2, 0.25) is 3.79 Å². The second-order valence-electron chi connectivity index (χ2n) is 4.12. The Morgan fingerprint density at radius 3 is 2.39 bits per heavy atom. The van der Waals surface area contributed by atoms with E-state index in [0.717, 1.165) is 0 Å². The van der Waals surface area contributed by atoms with Gasteiger partial charge in [0.25, 0.3) is 5.91 Å². The molecule has 126 valence electrons. The van der Waals surface area contributed by atoms with Crippen molar-refractivity contribution in [3.8, 4) is 0 Å². The van der Waals surface area contributed by atoms with Gasteiger partial charge >= 0.3 is 5.97 Å². The van der Waals surface area contributed by atoms with E-state index in [2.05, 4.69) is 16.0 Å². The van der Waals surface area contributed by atoms with E-state index in [-0.39, 0.29) is 16.4 Å². The molecule has 11 heteroatoms. The molecule has 0 saturated heterocycles. The second kappa shape index (κ2) is 8.49. The van der Waals surface area contributed by atoms with Crippen LogP contribution in [0.3, 0.4) is 0 Å². The number of amides is 1. The van der Waals surface area contributed by atoms with E-state index in [1.54, 1.807) is 6.07 Å². The van der Waals surface area contributed by atoms with Gasteiger partial charge in [-0.15, -0.1) is 0 Å². The van der Waals surface area contributed by atoms with E-state index in [0.29, 0.717) is 0 Å². The number of aromatic carboxylic acids is 1. The third-order valence-corrected chi connectivity index (χ3v) is 3.31. The number of carbonyl (C=O) groups excluding carboxylic acids is 1. The summed E-state index contributed by atoms with van der Waals surface area (Å²) in [5.41, 5.74) is 0.160. The van der Waals surface area contributed by atoms with Crippen molar-refractivity contribution in [1.82, 2.24) is 10.6 Å². The van der Waals surface area contributed by atoms with Crippen LogP contribution in [0, 0.1) is 0 Å². The highest BCUT2D eigenvalue weighted by Crippen LogP contribution is 2.29. The Balaban J connectivity index is 2.84. The summed E-state index contributed by atoms with van der Waals surface area (Å²) in [6, 6.07) is 5.97. The normalized spacial score (nSPS) is 12.2. The first-order valence-corrected chi connectivity index (χ1v) is 7.51. The first kappa shape index (κ1) is 19.7. The Morgan fingerprint density at radius 2 is 1.87 bits per heavy atom. The number of carboxylic acid groups (broad SMARTS) is 1. The summed E-state index contributed by atoms with van der Waals surface area (Å²) in [6.45, 7) is -1.30. The van der Waals surface area contributed by atoms with E-state index in [4.69, 9.17) is 52.1 Å². The van der Waals surface area contributed by atoms with Crippen LogP contribution in [0.1, 0.15) is 10.4 Å². The molecule has 0 saturated carbocycles. The SMILES string of the molecule is O=C(CF)N[C@H](NC(=S)Nc1ccccc1C(=O)O)C(Cl)(Cl)Cl. The van der Waals surface area contributed by atoms with Crippen molar-refractivity contribution in [3.05, 3.63) is 29.8 Å². The summed E-state index contributed by atoms with van der Waals surface area (Å²) in [7, 11) is 0. The number of hydrogen-bond donors (Lipinski definition) is 4. The quantitative estimate of drug-likeness (QED) is 0.344. The summed E-state index contributed by atoms with van der Waals surface area (Å²) in [6.07, 6.45) is -1.33. The highest BCUT2D eigenvalue weighted by atomic mass is 35.6. The van der Waals surface area contributed by atoms with Crippen LogP contribution in [-0.4, -0.2) is 38.7 Å². The number of anilines is 1. The van der Waals surface area contributed by atoms with Crippen molar-refractivity contribution >= 4 is 69.7 Å². The molecule has 0 spiro atoms. The molecule has 4 N–H and O–H groups in total. The summed E-state index contributed by atoms with van der Waals surface area (Å²) in [5, 5.41) is 16.1. The van der Waals surface area contributed by atoms with Crippen LogP contribution in [0.5, 0.6) is 0 Å². The number of carbonyl (C=O) groups is 2. The van der Waals surface area contributed by atoms with Crippen molar-refractivity contribution in [2.24, 2.45) is 0 Å². The van der Waals surface area contributed by atoms with Gasteiger partial charge in [-0.3, -0.25) is 4.79 Å². The number of alkyl halides is 4. The van der Waals surface area contributed by atoms with Crippen LogP contribution in [0.15, 0.2) is 24.3 Å². The van der Waals surface area contributed by atoms with Crippen molar-refractivity contribution in [2.75, 3.05) is 12.0 Å². The van der Waals surface area contributed by atoms with Crippen LogP contribution in [0.2, 0.25) is 0 Å². The monoisotopic (exact) mass is 401 g/mol. The maximum absolute atomic E-state index is 12.3. The Kier molecular flexibility index (Phi) is 7.27. The molecule has 1 aromatic rings. The van der Waals surface area contributed by atoms with Crippen molar-refractivity contribution in [3.63, 3.8) is 0 Å². The summed E-state index contributed by atoms with van der Waals surface area (Å²) < 4.78 is 10.3. The minimum Gasteiger partial charge on any atom is -0.478 e. The van der Waals surface area contributed by atoms with E-state index in [1.165, 1.54) is 18.2 Å². The molecular weight excluding hydrogens is 392 g/mol. The average molecular weight is 403 g/mol. The molecule has 0 radical (unpaired) electrons. The lowest BCUT2D eigenvalue weighted by Crippen LogP contribution is -2.56. The zero-order valence-corrected chi connectivity index (χ0v) is 14.4. The molecule has 0 aromatic heterocycles. The summed E-state index contributed by atoms with van der Waals surface area (Å²) in [5.74, 6) is -2.18. The van der Waals surface area contributed by atoms with E-state index in [1.807, 2.05) is 0 Å². The van der Waals surface area contributed by atoms with Crippen LogP contribution in [-0.2, 0) is 4.79 Å². The smallest absolute Gasteiger partial charge is 0.337 e. The lowest BCUT2D eigenvalue weighted by Gasteiger charge is -2.27. The van der Waals surface area contributed by atoms with Crippen LogP contribution in [0.4, 0.5) is 10.1 Å². The zero-order valence-electron chi connectivity index (χ0n) is 11.3. The second-order valence-corrected chi connectivity index (χ2v) is 6.90. The van der Waals surface area contributed by atoms with Crippen LogP contribution >= 0.6 is 47.0 Å². The minimum atomic E-state index is -2.02. The van der Waals surface area contributed by atoms with Gasteiger partial charge in [-0.2, -0.15) is 0 Å². The summed E-state index contributed by atoms with van der Waals surface area (Å²) >= 11 is 22.0. The largest absolute Gasteiger partial charge is 0.478 e. The predicted molar refractivity (Wildman–Crippen MR) is 91.0 cm³/mol. The van der Waals surface area contributed by atoms with Gasteiger partial charge in [0.15, 0.2) is 11.8 Å². The van der Waals surface area contributed by atoms with Gasteiger partial charge in [-0.1, -0.05) is 46.9 Å². The maximum atomic E-state index is 12.3. The van der Waals surface area contributed by atoms with Gasteiger partial charge in [-0.05, 0) is 24.4 Å². The molecular formula is C12H11Cl3FN3O3S. The fourth-order valence-electron chi connectivity index (χ4n) is 1.47. The molecule has 1 aromatic carbocycles. The molecule has 0 heterocycles. The third-order valence-electron chi connectivity index (χ3n) is 2.44. The molecule has 1 atom stereocenters. The van der Waals surface area contributed by atoms with E-state index < -0.39 is 28.5 Å². The lowest BCUT2D eigenvalue weighted by molar-refractivity contribution is -0.122. The van der Waals surface area contributed by atoms with Crippen molar-refractivity contribution in [2.45, 2.75) is 9.96 Å². The minimum absolute atomic E-state index is 0.0325. The first-order chi connectivity index (χ1) is 10.6. The number of nitrogens with one attached hydrogen (secondary N) is 3. The Bertz CT molecular complexity index is 613. The molecule has 0 aliphatic heterocycles. The third kappa shape index (κ3) is 6.34. The maximum Gasteiger partial charge on any atom is 0.337 e. The fourth-order valence-corrected chi connectivity index (χ4v) is 2.02. The molecule has 6 nitrogen and oxygen atoms in total. The number of thiocarbonyl (C=S) groups is 1. The molecule has 0 unspecified atom stereocenters. The van der Waals surface area contributed by atoms with Crippen molar-refractivity contribution < 1.29 is 19.1 Å². The molecule has 1 amide bonds. The first-order valence-electron chi connectivity index (χ1n) is 5.97. The number of para-hydroxylation sites is 1. The Morgan fingerprint density at radius 1 is 1.26 bits per heavy atom. The zero-order chi connectivity index (χ0) is 17.6. The highest BCUT2D eigenvalue weighted by Gasteiger charge is 2.34. The topological polar surface area (TPSA) is 90.5 Å². The number of benzene rings is 1. The predicted octanol–water partition coefficient (Wildman–Crippen LogP) is 2.45. The van der Waals surface area contributed by atoms with Crippen LogP contribution in [0.25, 0.3) is 0 Å². The number of rotatable bonds is 5. The molecule has 0 aliphatic carbocycles. The molecule has 0 fully saturated rings. The van der Waals surface area contributed by atoms with E-state index in [9.17, 15) is 14.0 Å². The lowest BCUT2D eigenvalue weighted by atomic mass is 10.2. The van der Waals surface area contributed by atoms with Crippen molar-refractivity contribution in [1.29, 1.82) is 0 Å². The van der Waals surface area contributed by atoms with Crippen LogP contribution < -0.4 is 16.0 Å². The van der Waals surface area contributed by atoms with E-state index >= 15 is 0 Å². The summed E-state index contributed by atoms with van der Waals surface area (Å²) in [4.78, 5) is 22.2.